The van der Waals surface area contributed by atoms with Gasteiger partial charge in [-0.15, -0.1) is 0 Å². The number of para-hydroxylation sites is 2. The summed E-state index contributed by atoms with van der Waals surface area (Å²) in [5.74, 6) is 0.0680. The number of benzene rings is 3. The molecule has 0 radical (unpaired) electrons. The maximum Gasteiger partial charge on any atom is 0.234 e. The molecule has 0 N–H and O–H groups in total. The molecule has 0 aromatic heterocycles. The molecule has 0 saturated carbocycles. The van der Waals surface area contributed by atoms with Crippen LogP contribution in [0.2, 0.25) is 0 Å². The quantitative estimate of drug-likeness (QED) is 0.612. The fraction of sp³-hybridized carbons (Fsp3) is 0.0909. The predicted molar refractivity (Wildman–Crippen MR) is 109 cm³/mol. The van der Waals surface area contributed by atoms with E-state index in [1.165, 1.54) is 0 Å². The summed E-state index contributed by atoms with van der Waals surface area (Å²) < 4.78 is 0. The van der Waals surface area contributed by atoms with Gasteiger partial charge in [0, 0.05) is 11.7 Å². The summed E-state index contributed by atoms with van der Waals surface area (Å²) in [7, 11) is 0. The predicted octanol–water partition coefficient (Wildman–Crippen LogP) is 5.59. The van der Waals surface area contributed by atoms with Crippen molar-refractivity contribution < 1.29 is 4.79 Å². The lowest BCUT2D eigenvalue weighted by molar-refractivity contribution is -0.117. The number of carbonyl (C=O) groups is 1. The van der Waals surface area contributed by atoms with E-state index in [-0.39, 0.29) is 11.2 Å². The molecular weight excluding hydrogens is 340 g/mol. The number of thioether (sulfide) groups is 1. The second-order valence-electron chi connectivity index (χ2n) is 6.02. The van der Waals surface area contributed by atoms with E-state index >= 15 is 0 Å². The van der Waals surface area contributed by atoms with Gasteiger partial charge in [-0.2, -0.15) is 0 Å². The number of aliphatic imine (C=N–C) groups is 1. The number of amides is 1. The lowest BCUT2D eigenvalue weighted by Gasteiger charge is -2.32. The van der Waals surface area contributed by atoms with Crippen LogP contribution < -0.4 is 4.90 Å². The standard InChI is InChI=1S/C22H18N2OS/c25-21-16-20(17-10-4-1-5-11-17)26-22(23-18-12-6-2-7-13-18)24(21)19-14-8-3-9-15-19/h1-15,20H,16H2/t20-/m1/s1. The highest BCUT2D eigenvalue weighted by Gasteiger charge is 2.33. The maximum atomic E-state index is 13.0. The SMILES string of the molecule is O=C1C[C@H](c2ccccc2)SC(=Nc2ccccc2)N1c1ccccc1. The Morgan fingerprint density at radius 1 is 0.808 bits per heavy atom. The van der Waals surface area contributed by atoms with E-state index in [1.54, 1.807) is 16.7 Å². The summed E-state index contributed by atoms with van der Waals surface area (Å²) in [5.41, 5.74) is 2.85. The van der Waals surface area contributed by atoms with Crippen LogP contribution >= 0.6 is 11.8 Å². The molecule has 0 bridgehead atoms. The molecule has 4 rings (SSSR count). The summed E-state index contributed by atoms with van der Waals surface area (Å²) in [6.07, 6.45) is 0.456. The topological polar surface area (TPSA) is 32.7 Å². The maximum absolute atomic E-state index is 13.0. The van der Waals surface area contributed by atoms with Crippen LogP contribution in [0.1, 0.15) is 17.2 Å². The third kappa shape index (κ3) is 3.55. The lowest BCUT2D eigenvalue weighted by Crippen LogP contribution is -2.40. The first-order chi connectivity index (χ1) is 12.8. The van der Waals surface area contributed by atoms with Gasteiger partial charge in [-0.1, -0.05) is 78.5 Å². The number of carbonyl (C=O) groups excluding carboxylic acids is 1. The van der Waals surface area contributed by atoms with Gasteiger partial charge in [-0.25, -0.2) is 4.99 Å². The van der Waals surface area contributed by atoms with Crippen molar-refractivity contribution >= 4 is 34.2 Å². The van der Waals surface area contributed by atoms with Crippen molar-refractivity contribution in [1.29, 1.82) is 0 Å². The van der Waals surface area contributed by atoms with Gasteiger partial charge < -0.3 is 0 Å². The molecular formula is C22H18N2OS. The van der Waals surface area contributed by atoms with Crippen LogP contribution in [0.3, 0.4) is 0 Å². The van der Waals surface area contributed by atoms with E-state index in [0.29, 0.717) is 11.6 Å². The molecule has 4 heteroatoms. The fourth-order valence-electron chi connectivity index (χ4n) is 2.95. The molecule has 1 aliphatic heterocycles. The van der Waals surface area contributed by atoms with Gasteiger partial charge in [0.25, 0.3) is 0 Å². The lowest BCUT2D eigenvalue weighted by atomic mass is 10.1. The van der Waals surface area contributed by atoms with Crippen LogP contribution in [0.25, 0.3) is 0 Å². The van der Waals surface area contributed by atoms with Crippen molar-refractivity contribution in [3.05, 3.63) is 96.6 Å². The second-order valence-corrected chi connectivity index (χ2v) is 7.19. The molecule has 1 saturated heterocycles. The summed E-state index contributed by atoms with van der Waals surface area (Å²) in [4.78, 5) is 19.5. The molecule has 3 nitrogen and oxygen atoms in total. The highest BCUT2D eigenvalue weighted by molar-refractivity contribution is 8.14. The molecule has 1 fully saturated rings. The summed E-state index contributed by atoms with van der Waals surface area (Å²) in [6, 6.07) is 29.7. The Hall–Kier alpha value is -2.85. The van der Waals surface area contributed by atoms with E-state index in [2.05, 4.69) is 12.1 Å². The first kappa shape index (κ1) is 16.6. The van der Waals surface area contributed by atoms with Crippen molar-refractivity contribution in [2.45, 2.75) is 11.7 Å². The van der Waals surface area contributed by atoms with Crippen LogP contribution in [0.15, 0.2) is 96.0 Å². The van der Waals surface area contributed by atoms with E-state index < -0.39 is 0 Å². The zero-order valence-electron chi connectivity index (χ0n) is 14.2. The normalized spacial score (nSPS) is 18.9. The van der Waals surface area contributed by atoms with Gasteiger partial charge in [0.05, 0.1) is 11.4 Å². The van der Waals surface area contributed by atoms with E-state index in [0.717, 1.165) is 16.9 Å². The van der Waals surface area contributed by atoms with Crippen LogP contribution in [0.5, 0.6) is 0 Å². The van der Waals surface area contributed by atoms with Gasteiger partial charge in [0.1, 0.15) is 0 Å². The molecule has 1 amide bonds. The molecule has 128 valence electrons. The number of nitrogens with zero attached hydrogens (tertiary/aromatic N) is 2. The molecule has 0 aliphatic carbocycles. The van der Waals surface area contributed by atoms with Crippen molar-refractivity contribution in [3.8, 4) is 0 Å². The molecule has 3 aromatic carbocycles. The second kappa shape index (κ2) is 7.58. The molecule has 0 unspecified atom stereocenters. The Bertz CT molecular complexity index is 911. The highest BCUT2D eigenvalue weighted by Crippen LogP contribution is 2.41. The molecule has 1 atom stereocenters. The zero-order valence-corrected chi connectivity index (χ0v) is 15.0. The largest absolute Gasteiger partial charge is 0.274 e. The Morgan fingerprint density at radius 2 is 1.38 bits per heavy atom. The minimum atomic E-state index is 0.0680. The van der Waals surface area contributed by atoms with Gasteiger partial charge in [-0.05, 0) is 29.8 Å². The van der Waals surface area contributed by atoms with Crippen molar-refractivity contribution in [2.24, 2.45) is 4.99 Å². The number of anilines is 1. The molecule has 3 aromatic rings. The van der Waals surface area contributed by atoms with E-state index in [9.17, 15) is 4.79 Å². The Kier molecular flexibility index (Phi) is 4.84. The smallest absolute Gasteiger partial charge is 0.234 e. The van der Waals surface area contributed by atoms with E-state index in [1.807, 2.05) is 78.9 Å². The summed E-state index contributed by atoms with van der Waals surface area (Å²) in [6.45, 7) is 0. The molecule has 0 spiro atoms. The van der Waals surface area contributed by atoms with Crippen LogP contribution in [0, 0.1) is 0 Å². The Balaban J connectivity index is 1.74. The van der Waals surface area contributed by atoms with Crippen LogP contribution in [-0.4, -0.2) is 11.1 Å². The summed E-state index contributed by atoms with van der Waals surface area (Å²) in [5, 5.41) is 0.790. The highest BCUT2D eigenvalue weighted by atomic mass is 32.2. The average Bonchev–Trinajstić information content (AvgIpc) is 2.70. The van der Waals surface area contributed by atoms with Gasteiger partial charge in [-0.3, -0.25) is 9.69 Å². The van der Waals surface area contributed by atoms with Gasteiger partial charge in [0.15, 0.2) is 5.17 Å². The van der Waals surface area contributed by atoms with Crippen molar-refractivity contribution in [1.82, 2.24) is 0 Å². The first-order valence-electron chi connectivity index (χ1n) is 8.54. The zero-order chi connectivity index (χ0) is 17.8. The third-order valence-electron chi connectivity index (χ3n) is 4.22. The van der Waals surface area contributed by atoms with Gasteiger partial charge >= 0.3 is 0 Å². The molecule has 1 heterocycles. The number of amidine groups is 1. The monoisotopic (exact) mass is 358 g/mol. The molecule has 1 aliphatic rings. The van der Waals surface area contributed by atoms with E-state index in [4.69, 9.17) is 4.99 Å². The van der Waals surface area contributed by atoms with Crippen LogP contribution in [0.4, 0.5) is 11.4 Å². The Labute approximate surface area is 157 Å². The summed E-state index contributed by atoms with van der Waals surface area (Å²) >= 11 is 1.64. The molecule has 26 heavy (non-hydrogen) atoms. The van der Waals surface area contributed by atoms with Crippen molar-refractivity contribution in [2.75, 3.05) is 4.90 Å². The first-order valence-corrected chi connectivity index (χ1v) is 9.42. The minimum absolute atomic E-state index is 0.0680. The number of rotatable bonds is 3. The Morgan fingerprint density at radius 3 is 2.04 bits per heavy atom. The number of hydrogen-bond donors (Lipinski definition) is 0. The fourth-order valence-corrected chi connectivity index (χ4v) is 4.20. The minimum Gasteiger partial charge on any atom is -0.274 e. The third-order valence-corrected chi connectivity index (χ3v) is 5.42. The van der Waals surface area contributed by atoms with Crippen LogP contribution in [-0.2, 0) is 4.79 Å². The number of hydrogen-bond acceptors (Lipinski definition) is 3. The van der Waals surface area contributed by atoms with Crippen molar-refractivity contribution in [3.63, 3.8) is 0 Å². The van der Waals surface area contributed by atoms with Gasteiger partial charge in [0.2, 0.25) is 5.91 Å². The average molecular weight is 358 g/mol.